The van der Waals surface area contributed by atoms with E-state index in [1.54, 1.807) is 24.8 Å². The zero-order chi connectivity index (χ0) is 17.1. The van der Waals surface area contributed by atoms with Crippen molar-refractivity contribution in [3.63, 3.8) is 0 Å². The molecule has 126 valence electrons. The van der Waals surface area contributed by atoms with Gasteiger partial charge in [-0.1, -0.05) is 0 Å². The summed E-state index contributed by atoms with van der Waals surface area (Å²) in [6, 6.07) is 1.68. The molecule has 3 N–H and O–H groups in total. The number of likely N-dealkylation sites (tertiary alicyclic amines) is 1. The first-order valence-electron chi connectivity index (χ1n) is 7.73. The van der Waals surface area contributed by atoms with E-state index >= 15 is 0 Å². The number of primary amides is 1. The average molecular weight is 321 g/mol. The molecule has 1 aliphatic rings. The predicted molar refractivity (Wildman–Crippen MR) is 83.6 cm³/mol. The van der Waals surface area contributed by atoms with Crippen LogP contribution in [0.15, 0.2) is 10.5 Å². The fraction of sp³-hybridized carbons (Fsp3) is 0.562. The van der Waals surface area contributed by atoms with E-state index in [2.05, 4.69) is 5.32 Å². The summed E-state index contributed by atoms with van der Waals surface area (Å²) in [5.41, 5.74) is 5.76. The summed E-state index contributed by atoms with van der Waals surface area (Å²) in [6.07, 6.45) is 1.42. The number of hydrogen-bond donors (Lipinski definition) is 2. The molecule has 3 amide bonds. The summed E-state index contributed by atoms with van der Waals surface area (Å²) in [5.74, 6) is -0.0909. The molecule has 0 saturated carbocycles. The molecule has 7 nitrogen and oxygen atoms in total. The highest BCUT2D eigenvalue weighted by Crippen LogP contribution is 2.21. The van der Waals surface area contributed by atoms with Crippen LogP contribution in [0.3, 0.4) is 0 Å². The fourth-order valence-electron chi connectivity index (χ4n) is 2.90. The molecular weight excluding hydrogens is 298 g/mol. The predicted octanol–water partition coefficient (Wildman–Crippen LogP) is 0.739. The van der Waals surface area contributed by atoms with Gasteiger partial charge in [0, 0.05) is 12.6 Å². The molecule has 1 aromatic heterocycles. The van der Waals surface area contributed by atoms with E-state index in [1.807, 2.05) is 6.92 Å². The topological polar surface area (TPSA) is 106 Å². The van der Waals surface area contributed by atoms with Gasteiger partial charge in [-0.25, -0.2) is 0 Å². The van der Waals surface area contributed by atoms with E-state index in [-0.39, 0.29) is 36.2 Å². The zero-order valence-corrected chi connectivity index (χ0v) is 13.7. The van der Waals surface area contributed by atoms with Gasteiger partial charge in [0.1, 0.15) is 11.5 Å². The number of nitrogens with two attached hydrogens (primary N) is 1. The lowest BCUT2D eigenvalue weighted by Crippen LogP contribution is -2.51. The van der Waals surface area contributed by atoms with Gasteiger partial charge in [0.25, 0.3) is 5.91 Å². The molecule has 0 aliphatic carbocycles. The smallest absolute Gasteiger partial charge is 0.255 e. The number of furan rings is 1. The van der Waals surface area contributed by atoms with Gasteiger partial charge in [-0.2, -0.15) is 0 Å². The normalized spacial score (nSPS) is 21.1. The van der Waals surface area contributed by atoms with Crippen LogP contribution in [0.1, 0.15) is 41.6 Å². The van der Waals surface area contributed by atoms with Gasteiger partial charge >= 0.3 is 0 Å². The van der Waals surface area contributed by atoms with Crippen LogP contribution in [-0.4, -0.2) is 41.8 Å². The molecule has 0 radical (unpaired) electrons. The van der Waals surface area contributed by atoms with Crippen LogP contribution in [0.4, 0.5) is 0 Å². The average Bonchev–Trinajstić information content (AvgIpc) is 2.83. The highest BCUT2D eigenvalue weighted by molar-refractivity contribution is 5.97. The van der Waals surface area contributed by atoms with Crippen molar-refractivity contribution in [2.24, 2.45) is 11.7 Å². The van der Waals surface area contributed by atoms with Crippen LogP contribution in [0.2, 0.25) is 0 Å². The number of carbonyl (C=O) groups is 3. The molecule has 2 heterocycles. The van der Waals surface area contributed by atoms with Crippen molar-refractivity contribution in [2.75, 3.05) is 13.1 Å². The Morgan fingerprint density at radius 1 is 1.35 bits per heavy atom. The third-order valence-corrected chi connectivity index (χ3v) is 4.29. The molecule has 1 fully saturated rings. The van der Waals surface area contributed by atoms with E-state index in [4.69, 9.17) is 10.2 Å². The molecule has 0 spiro atoms. The van der Waals surface area contributed by atoms with Crippen molar-refractivity contribution in [3.05, 3.63) is 23.2 Å². The Morgan fingerprint density at radius 3 is 2.61 bits per heavy atom. The number of carbonyl (C=O) groups excluding carboxylic acids is 3. The Labute approximate surface area is 135 Å². The molecule has 1 aliphatic heterocycles. The maximum Gasteiger partial charge on any atom is 0.255 e. The minimum Gasteiger partial charge on any atom is -0.466 e. The first kappa shape index (κ1) is 17.1. The van der Waals surface area contributed by atoms with Gasteiger partial charge in [0.15, 0.2) is 0 Å². The lowest BCUT2D eigenvalue weighted by molar-refractivity contribution is -0.136. The summed E-state index contributed by atoms with van der Waals surface area (Å²) in [7, 11) is 0. The van der Waals surface area contributed by atoms with E-state index in [1.165, 1.54) is 0 Å². The standard InChI is InChI=1S/C16H23N3O4/c1-9-4-5-12(15(17)21)8-19(9)14(20)7-18-16(22)13-6-10(2)23-11(13)3/h6,9,12H,4-5,7-8H2,1-3H3,(H2,17,21)(H,18,22)/t9-,12-/m0/s1. The number of rotatable bonds is 4. The molecule has 1 aromatic rings. The van der Waals surface area contributed by atoms with Gasteiger partial charge in [0.2, 0.25) is 11.8 Å². The first-order chi connectivity index (χ1) is 10.8. The zero-order valence-electron chi connectivity index (χ0n) is 13.7. The number of aryl methyl sites for hydroxylation is 2. The van der Waals surface area contributed by atoms with Gasteiger partial charge < -0.3 is 20.4 Å². The summed E-state index contributed by atoms with van der Waals surface area (Å²) in [4.78, 5) is 37.4. The third-order valence-electron chi connectivity index (χ3n) is 4.29. The maximum atomic E-state index is 12.3. The second kappa shape index (κ2) is 6.85. The van der Waals surface area contributed by atoms with Crippen molar-refractivity contribution in [1.29, 1.82) is 0 Å². The Kier molecular flexibility index (Phi) is 5.08. The number of hydrogen-bond acceptors (Lipinski definition) is 4. The van der Waals surface area contributed by atoms with Gasteiger partial charge in [-0.05, 0) is 39.7 Å². The van der Waals surface area contributed by atoms with Gasteiger partial charge in [-0.15, -0.1) is 0 Å². The molecular formula is C16H23N3O4. The van der Waals surface area contributed by atoms with Crippen LogP contribution >= 0.6 is 0 Å². The molecule has 0 bridgehead atoms. The van der Waals surface area contributed by atoms with Crippen LogP contribution in [0, 0.1) is 19.8 Å². The number of nitrogens with one attached hydrogen (secondary N) is 1. The Bertz CT molecular complexity index is 623. The third kappa shape index (κ3) is 3.91. The largest absolute Gasteiger partial charge is 0.466 e. The van der Waals surface area contributed by atoms with Crippen LogP contribution in [0.25, 0.3) is 0 Å². The lowest BCUT2D eigenvalue weighted by Gasteiger charge is -2.37. The molecule has 0 unspecified atom stereocenters. The quantitative estimate of drug-likeness (QED) is 0.853. The summed E-state index contributed by atoms with van der Waals surface area (Å²) in [5, 5.41) is 2.61. The highest BCUT2D eigenvalue weighted by atomic mass is 16.3. The van der Waals surface area contributed by atoms with Gasteiger partial charge in [-0.3, -0.25) is 14.4 Å². The maximum absolute atomic E-state index is 12.3. The van der Waals surface area contributed by atoms with E-state index in [9.17, 15) is 14.4 Å². The van der Waals surface area contributed by atoms with Crippen LogP contribution < -0.4 is 11.1 Å². The van der Waals surface area contributed by atoms with Crippen LogP contribution in [-0.2, 0) is 9.59 Å². The molecule has 0 aromatic carbocycles. The molecule has 2 atom stereocenters. The number of piperidine rings is 1. The van der Waals surface area contributed by atoms with Crippen molar-refractivity contribution in [3.8, 4) is 0 Å². The van der Waals surface area contributed by atoms with E-state index in [0.29, 0.717) is 30.0 Å². The summed E-state index contributed by atoms with van der Waals surface area (Å²) < 4.78 is 5.31. The van der Waals surface area contributed by atoms with Crippen LogP contribution in [0.5, 0.6) is 0 Å². The summed E-state index contributed by atoms with van der Waals surface area (Å²) in [6.45, 7) is 5.59. The first-order valence-corrected chi connectivity index (χ1v) is 7.73. The minimum atomic E-state index is -0.386. The monoisotopic (exact) mass is 321 g/mol. The van der Waals surface area contributed by atoms with Crippen molar-refractivity contribution < 1.29 is 18.8 Å². The van der Waals surface area contributed by atoms with Gasteiger partial charge in [0.05, 0.1) is 18.0 Å². The second-order valence-corrected chi connectivity index (χ2v) is 6.08. The molecule has 1 saturated heterocycles. The van der Waals surface area contributed by atoms with Crippen molar-refractivity contribution in [2.45, 2.75) is 39.7 Å². The lowest BCUT2D eigenvalue weighted by atomic mass is 9.93. The molecule has 23 heavy (non-hydrogen) atoms. The number of nitrogens with zero attached hydrogens (tertiary/aromatic N) is 1. The number of amides is 3. The minimum absolute atomic E-state index is 0.0351. The van der Waals surface area contributed by atoms with E-state index < -0.39 is 0 Å². The van der Waals surface area contributed by atoms with Crippen molar-refractivity contribution >= 4 is 17.7 Å². The Morgan fingerprint density at radius 2 is 2.04 bits per heavy atom. The fourth-order valence-corrected chi connectivity index (χ4v) is 2.90. The highest BCUT2D eigenvalue weighted by Gasteiger charge is 2.31. The Hall–Kier alpha value is -2.31. The Balaban J connectivity index is 1.94. The van der Waals surface area contributed by atoms with Crippen molar-refractivity contribution in [1.82, 2.24) is 10.2 Å². The second-order valence-electron chi connectivity index (χ2n) is 6.08. The molecule has 7 heteroatoms. The molecule has 2 rings (SSSR count). The SMILES string of the molecule is Cc1cc(C(=O)NCC(=O)N2C[C@@H](C(N)=O)CC[C@@H]2C)c(C)o1. The summed E-state index contributed by atoms with van der Waals surface area (Å²) >= 11 is 0. The van der Waals surface area contributed by atoms with E-state index in [0.717, 1.165) is 6.42 Å².